The quantitative estimate of drug-likeness (QED) is 0.0910. The van der Waals surface area contributed by atoms with E-state index in [0.29, 0.717) is 5.11 Å². The lowest BCUT2D eigenvalue weighted by atomic mass is 10.0. The highest BCUT2D eigenvalue weighted by molar-refractivity contribution is 7.80. The van der Waals surface area contributed by atoms with E-state index in [1.165, 1.54) is 107 Å². The molecule has 0 amide bonds. The molecule has 0 aromatic heterocycles. The van der Waals surface area contributed by atoms with Crippen molar-refractivity contribution in [2.45, 2.75) is 110 Å². The van der Waals surface area contributed by atoms with Crippen molar-refractivity contribution in [1.82, 2.24) is 10.7 Å². The van der Waals surface area contributed by atoms with Gasteiger partial charge in [0.05, 0.1) is 6.21 Å². The monoisotopic (exact) mass is 481 g/mol. The Balaban J connectivity index is 1.37. The summed E-state index contributed by atoms with van der Waals surface area (Å²) in [6.45, 7) is 3.20. The molecule has 2 aromatic carbocycles. The highest BCUT2D eigenvalue weighted by atomic mass is 32.1. The number of hydrogen-bond donors (Lipinski definition) is 2. The van der Waals surface area contributed by atoms with Crippen LogP contribution >= 0.6 is 12.2 Å². The van der Waals surface area contributed by atoms with E-state index in [2.05, 4.69) is 65.2 Å². The minimum atomic E-state index is 0.595. The fourth-order valence-corrected chi connectivity index (χ4v) is 4.59. The van der Waals surface area contributed by atoms with Crippen LogP contribution in [0.25, 0.3) is 10.8 Å². The summed E-state index contributed by atoms with van der Waals surface area (Å²) in [4.78, 5) is 0. The van der Waals surface area contributed by atoms with E-state index in [4.69, 9.17) is 12.2 Å². The zero-order valence-corrected chi connectivity index (χ0v) is 22.3. The molecule has 0 spiro atoms. The Kier molecular flexibility index (Phi) is 16.1. The van der Waals surface area contributed by atoms with Gasteiger partial charge in [0.15, 0.2) is 5.11 Å². The van der Waals surface area contributed by atoms with Gasteiger partial charge in [-0.3, -0.25) is 5.43 Å². The summed E-state index contributed by atoms with van der Waals surface area (Å²) in [5, 5.41) is 10.6. The number of fused-ring (bicyclic) bond motifs is 1. The molecule has 188 valence electrons. The minimum absolute atomic E-state index is 0.595. The van der Waals surface area contributed by atoms with Crippen molar-refractivity contribution in [3.63, 3.8) is 0 Å². The van der Waals surface area contributed by atoms with E-state index in [-0.39, 0.29) is 0 Å². The van der Waals surface area contributed by atoms with Gasteiger partial charge in [-0.15, -0.1) is 0 Å². The summed E-state index contributed by atoms with van der Waals surface area (Å²) in [6, 6.07) is 14.6. The van der Waals surface area contributed by atoms with Crippen LogP contribution in [0.3, 0.4) is 0 Å². The van der Waals surface area contributed by atoms with Crippen LogP contribution < -0.4 is 10.7 Å². The first-order valence-electron chi connectivity index (χ1n) is 13.9. The lowest BCUT2D eigenvalue weighted by Gasteiger charge is -2.07. The van der Waals surface area contributed by atoms with Crippen LogP contribution in [0.15, 0.2) is 47.6 Å². The Labute approximate surface area is 214 Å². The van der Waals surface area contributed by atoms with Crippen molar-refractivity contribution in [2.24, 2.45) is 5.10 Å². The smallest absolute Gasteiger partial charge is 0.186 e. The molecule has 0 aliphatic heterocycles. The molecule has 0 fully saturated rings. The number of benzene rings is 2. The van der Waals surface area contributed by atoms with Gasteiger partial charge in [-0.05, 0) is 29.4 Å². The van der Waals surface area contributed by atoms with E-state index in [0.717, 1.165) is 18.5 Å². The van der Waals surface area contributed by atoms with Gasteiger partial charge >= 0.3 is 0 Å². The number of thiocarbonyl (C=S) groups is 1. The molecule has 2 aromatic rings. The minimum Gasteiger partial charge on any atom is -0.361 e. The molecule has 0 saturated heterocycles. The first-order valence-corrected chi connectivity index (χ1v) is 14.3. The topological polar surface area (TPSA) is 36.4 Å². The van der Waals surface area contributed by atoms with E-state index >= 15 is 0 Å². The van der Waals surface area contributed by atoms with E-state index < -0.39 is 0 Å². The molecule has 0 bridgehead atoms. The lowest BCUT2D eigenvalue weighted by molar-refractivity contribution is 0.529. The fraction of sp³-hybridized carbons (Fsp3) is 0.600. The highest BCUT2D eigenvalue weighted by Gasteiger charge is 1.98. The van der Waals surface area contributed by atoms with E-state index in [9.17, 15) is 0 Å². The molecular formula is C30H47N3S. The van der Waals surface area contributed by atoms with Crippen LogP contribution in [0, 0.1) is 0 Å². The molecule has 4 heteroatoms. The Morgan fingerprint density at radius 2 is 1.24 bits per heavy atom. The van der Waals surface area contributed by atoms with Gasteiger partial charge < -0.3 is 5.32 Å². The van der Waals surface area contributed by atoms with Gasteiger partial charge in [-0.25, -0.2) is 0 Å². The van der Waals surface area contributed by atoms with Crippen LogP contribution in [0.4, 0.5) is 0 Å². The predicted molar refractivity (Wildman–Crippen MR) is 155 cm³/mol. The number of rotatable bonds is 19. The fourth-order valence-electron chi connectivity index (χ4n) is 4.44. The van der Waals surface area contributed by atoms with Crippen molar-refractivity contribution < 1.29 is 0 Å². The van der Waals surface area contributed by atoms with Gasteiger partial charge in [-0.2, -0.15) is 5.10 Å². The Hall–Kier alpha value is -1.94. The molecule has 3 nitrogen and oxygen atoms in total. The number of nitrogens with one attached hydrogen (secondary N) is 2. The second-order valence-corrected chi connectivity index (χ2v) is 9.91. The summed E-state index contributed by atoms with van der Waals surface area (Å²) in [5.74, 6) is 0. The second kappa shape index (κ2) is 19.4. The number of unbranched alkanes of at least 4 members (excludes halogenated alkanes) is 15. The highest BCUT2D eigenvalue weighted by Crippen LogP contribution is 2.17. The molecule has 0 atom stereocenters. The third-order valence-electron chi connectivity index (χ3n) is 6.51. The zero-order chi connectivity index (χ0) is 24.1. The average molecular weight is 482 g/mol. The summed E-state index contributed by atoms with van der Waals surface area (Å²) in [7, 11) is 0. The Bertz CT molecular complexity index is 812. The van der Waals surface area contributed by atoms with Gasteiger partial charge in [-0.1, -0.05) is 146 Å². The van der Waals surface area contributed by atoms with Crippen molar-refractivity contribution >= 4 is 34.3 Å². The molecule has 0 aliphatic rings. The van der Waals surface area contributed by atoms with Crippen molar-refractivity contribution in [2.75, 3.05) is 6.54 Å². The molecule has 34 heavy (non-hydrogen) atoms. The molecule has 0 saturated carbocycles. The van der Waals surface area contributed by atoms with Crippen molar-refractivity contribution in [3.05, 3.63) is 48.0 Å². The average Bonchev–Trinajstić information content (AvgIpc) is 2.86. The molecular weight excluding hydrogens is 434 g/mol. The Morgan fingerprint density at radius 1 is 0.706 bits per heavy atom. The molecule has 2 N–H and O–H groups in total. The molecule has 2 rings (SSSR count). The van der Waals surface area contributed by atoms with Gasteiger partial charge in [0.1, 0.15) is 0 Å². The SMILES string of the molecule is CCCCCCCCCCCCCCCCCCNC(=S)NN=Cc1cccc2ccccc12. The van der Waals surface area contributed by atoms with Gasteiger partial charge in [0.25, 0.3) is 0 Å². The van der Waals surface area contributed by atoms with Crippen LogP contribution in [0.1, 0.15) is 115 Å². The molecule has 0 radical (unpaired) electrons. The lowest BCUT2D eigenvalue weighted by Crippen LogP contribution is -2.32. The zero-order valence-electron chi connectivity index (χ0n) is 21.5. The largest absolute Gasteiger partial charge is 0.361 e. The number of hydrogen-bond acceptors (Lipinski definition) is 2. The first-order chi connectivity index (χ1) is 16.8. The third-order valence-corrected chi connectivity index (χ3v) is 6.74. The van der Waals surface area contributed by atoms with Crippen LogP contribution in [0.5, 0.6) is 0 Å². The maximum Gasteiger partial charge on any atom is 0.186 e. The molecule has 0 aliphatic carbocycles. The molecule has 0 unspecified atom stereocenters. The van der Waals surface area contributed by atoms with Crippen LogP contribution in [0.2, 0.25) is 0 Å². The summed E-state index contributed by atoms with van der Waals surface area (Å²) in [5.41, 5.74) is 4.03. The Morgan fingerprint density at radius 3 is 1.85 bits per heavy atom. The van der Waals surface area contributed by atoms with Crippen LogP contribution in [-0.2, 0) is 0 Å². The number of hydrazone groups is 1. The summed E-state index contributed by atoms with van der Waals surface area (Å²) in [6.07, 6.45) is 24.1. The molecule has 0 heterocycles. The predicted octanol–water partition coefficient (Wildman–Crippen LogP) is 8.90. The standard InChI is InChI=1S/C30H47N3S/c1-2-3-4-5-6-7-8-9-10-11-12-13-14-15-16-19-25-31-30(34)33-32-26-28-23-20-22-27-21-17-18-24-29(27)28/h17-18,20-24,26H,2-16,19,25H2,1H3,(H2,31,33,34). The number of nitrogens with zero attached hydrogens (tertiary/aromatic N) is 1. The van der Waals surface area contributed by atoms with Gasteiger partial charge in [0, 0.05) is 12.1 Å². The second-order valence-electron chi connectivity index (χ2n) is 9.50. The van der Waals surface area contributed by atoms with Crippen LogP contribution in [-0.4, -0.2) is 17.9 Å². The van der Waals surface area contributed by atoms with Crippen molar-refractivity contribution in [3.8, 4) is 0 Å². The van der Waals surface area contributed by atoms with E-state index in [1.54, 1.807) is 0 Å². The third kappa shape index (κ3) is 13.1. The maximum atomic E-state index is 5.34. The van der Waals surface area contributed by atoms with Crippen molar-refractivity contribution in [1.29, 1.82) is 0 Å². The summed E-state index contributed by atoms with van der Waals surface area (Å²) < 4.78 is 0. The van der Waals surface area contributed by atoms with E-state index in [1.807, 2.05) is 6.21 Å². The maximum absolute atomic E-state index is 5.34. The first kappa shape index (κ1) is 28.3. The normalized spacial score (nSPS) is 11.3. The summed E-state index contributed by atoms with van der Waals surface area (Å²) >= 11 is 5.34. The van der Waals surface area contributed by atoms with Gasteiger partial charge in [0.2, 0.25) is 0 Å².